The second-order valence-electron chi connectivity index (χ2n) is 4.41. The number of nitrogens with one attached hydrogen (secondary N) is 2. The molecule has 0 aliphatic carbocycles. The standard InChI is InChI=1S/C14H12N2O6S/c17-13(18)9-5-1-3-7-11(9)15-23(21,22)16-12-8-4-2-6-10(12)14(19)20/h1-8,15-16H,(H,17,18)(H,19,20). The Hall–Kier alpha value is -3.07. The summed E-state index contributed by atoms with van der Waals surface area (Å²) in [4.78, 5) is 22.2. The van der Waals surface area contributed by atoms with E-state index in [0.717, 1.165) is 0 Å². The van der Waals surface area contributed by atoms with Crippen LogP contribution < -0.4 is 9.44 Å². The van der Waals surface area contributed by atoms with E-state index in [1.165, 1.54) is 48.5 Å². The number of anilines is 2. The Balaban J connectivity index is 2.31. The molecule has 0 aliphatic heterocycles. The molecule has 2 aromatic rings. The highest BCUT2D eigenvalue weighted by Gasteiger charge is 2.18. The molecule has 0 spiro atoms. The predicted molar refractivity (Wildman–Crippen MR) is 83.0 cm³/mol. The highest BCUT2D eigenvalue weighted by molar-refractivity contribution is 7.94. The first-order valence-electron chi connectivity index (χ1n) is 6.25. The molecule has 2 aromatic carbocycles. The average molecular weight is 336 g/mol. The van der Waals surface area contributed by atoms with Crippen LogP contribution in [-0.2, 0) is 10.2 Å². The van der Waals surface area contributed by atoms with E-state index in [1.807, 2.05) is 0 Å². The molecule has 0 aromatic heterocycles. The van der Waals surface area contributed by atoms with E-state index in [9.17, 15) is 18.0 Å². The fourth-order valence-corrected chi connectivity index (χ4v) is 2.82. The van der Waals surface area contributed by atoms with Crippen LogP contribution in [0.25, 0.3) is 0 Å². The van der Waals surface area contributed by atoms with Crippen molar-refractivity contribution >= 4 is 33.5 Å². The molecule has 0 bridgehead atoms. The SMILES string of the molecule is O=C(O)c1ccccc1NS(=O)(=O)Nc1ccccc1C(=O)O. The first-order chi connectivity index (χ1) is 10.8. The lowest BCUT2D eigenvalue weighted by Crippen LogP contribution is -2.24. The van der Waals surface area contributed by atoms with Gasteiger partial charge in [-0.15, -0.1) is 0 Å². The second-order valence-corrected chi connectivity index (χ2v) is 5.82. The molecule has 0 aliphatic rings. The first-order valence-corrected chi connectivity index (χ1v) is 7.73. The van der Waals surface area contributed by atoms with Gasteiger partial charge in [0.25, 0.3) is 0 Å². The maximum atomic E-state index is 12.1. The summed E-state index contributed by atoms with van der Waals surface area (Å²) in [5.41, 5.74) is -0.741. The van der Waals surface area contributed by atoms with Gasteiger partial charge in [0.2, 0.25) is 0 Å². The zero-order valence-corrected chi connectivity index (χ0v) is 12.4. The van der Waals surface area contributed by atoms with Crippen LogP contribution in [0.1, 0.15) is 20.7 Å². The first kappa shape index (κ1) is 16.3. The van der Waals surface area contributed by atoms with Gasteiger partial charge in [-0.25, -0.2) is 9.59 Å². The molecule has 120 valence electrons. The molecule has 0 radical (unpaired) electrons. The van der Waals surface area contributed by atoms with Gasteiger partial charge in [0.15, 0.2) is 0 Å². The van der Waals surface area contributed by atoms with Gasteiger partial charge in [-0.1, -0.05) is 24.3 Å². The Morgan fingerprint density at radius 3 is 1.43 bits per heavy atom. The molecule has 23 heavy (non-hydrogen) atoms. The van der Waals surface area contributed by atoms with E-state index in [4.69, 9.17) is 10.2 Å². The molecular formula is C14H12N2O6S. The van der Waals surface area contributed by atoms with Gasteiger partial charge < -0.3 is 10.2 Å². The Labute approximate surface area is 131 Å². The summed E-state index contributed by atoms with van der Waals surface area (Å²) in [5, 5.41) is 18.1. The second kappa shape index (κ2) is 6.36. The van der Waals surface area contributed by atoms with Crippen molar-refractivity contribution in [1.82, 2.24) is 0 Å². The lowest BCUT2D eigenvalue weighted by molar-refractivity contribution is 0.0687. The topological polar surface area (TPSA) is 133 Å². The summed E-state index contributed by atoms with van der Waals surface area (Å²) in [6.07, 6.45) is 0. The third-order valence-electron chi connectivity index (χ3n) is 2.80. The Morgan fingerprint density at radius 1 is 0.739 bits per heavy atom. The Morgan fingerprint density at radius 2 is 1.09 bits per heavy atom. The molecule has 2 rings (SSSR count). The maximum Gasteiger partial charge on any atom is 0.337 e. The zero-order chi connectivity index (χ0) is 17.0. The maximum absolute atomic E-state index is 12.1. The van der Waals surface area contributed by atoms with Crippen molar-refractivity contribution in [2.45, 2.75) is 0 Å². The largest absolute Gasteiger partial charge is 0.478 e. The molecule has 0 fully saturated rings. The fourth-order valence-electron chi connectivity index (χ4n) is 1.83. The Kier molecular flexibility index (Phi) is 4.51. The lowest BCUT2D eigenvalue weighted by Gasteiger charge is -2.13. The van der Waals surface area contributed by atoms with Crippen LogP contribution in [0.15, 0.2) is 48.5 Å². The van der Waals surface area contributed by atoms with Crippen LogP contribution in [0.2, 0.25) is 0 Å². The minimum absolute atomic E-state index is 0.139. The molecular weight excluding hydrogens is 324 g/mol. The normalized spacial score (nSPS) is 10.8. The van der Waals surface area contributed by atoms with Gasteiger partial charge in [-0.05, 0) is 24.3 Å². The van der Waals surface area contributed by atoms with Crippen molar-refractivity contribution in [3.8, 4) is 0 Å². The number of benzene rings is 2. The third kappa shape index (κ3) is 3.98. The van der Waals surface area contributed by atoms with E-state index in [-0.39, 0.29) is 22.5 Å². The van der Waals surface area contributed by atoms with Gasteiger partial charge in [0.1, 0.15) is 0 Å². The van der Waals surface area contributed by atoms with Gasteiger partial charge in [-0.3, -0.25) is 9.44 Å². The predicted octanol–water partition coefficient (Wildman–Crippen LogP) is 1.85. The molecule has 0 saturated carbocycles. The molecule has 0 atom stereocenters. The summed E-state index contributed by atoms with van der Waals surface area (Å²) < 4.78 is 28.4. The van der Waals surface area contributed by atoms with E-state index >= 15 is 0 Å². The van der Waals surface area contributed by atoms with Crippen molar-refractivity contribution in [2.24, 2.45) is 0 Å². The van der Waals surface area contributed by atoms with Crippen molar-refractivity contribution < 1.29 is 28.2 Å². The molecule has 8 nitrogen and oxygen atoms in total. The van der Waals surface area contributed by atoms with Crippen LogP contribution in [0.4, 0.5) is 11.4 Å². The van der Waals surface area contributed by atoms with Crippen LogP contribution in [0.5, 0.6) is 0 Å². The summed E-state index contributed by atoms with van der Waals surface area (Å²) in [7, 11) is -4.23. The van der Waals surface area contributed by atoms with E-state index in [1.54, 1.807) is 0 Å². The molecule has 9 heteroatoms. The summed E-state index contributed by atoms with van der Waals surface area (Å²) in [6.45, 7) is 0. The van der Waals surface area contributed by atoms with Crippen LogP contribution >= 0.6 is 0 Å². The number of hydrogen-bond donors (Lipinski definition) is 4. The molecule has 0 amide bonds. The quantitative estimate of drug-likeness (QED) is 0.636. The van der Waals surface area contributed by atoms with Crippen molar-refractivity contribution in [3.05, 3.63) is 59.7 Å². The summed E-state index contributed by atoms with van der Waals surface area (Å²) in [5.74, 6) is -2.59. The minimum atomic E-state index is -4.23. The number of rotatable bonds is 6. The van der Waals surface area contributed by atoms with Gasteiger partial charge in [0.05, 0.1) is 22.5 Å². The monoisotopic (exact) mass is 336 g/mol. The van der Waals surface area contributed by atoms with Crippen molar-refractivity contribution in [2.75, 3.05) is 9.44 Å². The highest BCUT2D eigenvalue weighted by atomic mass is 32.2. The molecule has 4 N–H and O–H groups in total. The number of hydrogen-bond acceptors (Lipinski definition) is 4. The molecule has 0 unspecified atom stereocenters. The average Bonchev–Trinajstić information content (AvgIpc) is 2.47. The van der Waals surface area contributed by atoms with Crippen LogP contribution in [0.3, 0.4) is 0 Å². The molecule has 0 heterocycles. The zero-order valence-electron chi connectivity index (χ0n) is 11.6. The number of carboxylic acid groups (broad SMARTS) is 2. The fraction of sp³-hybridized carbons (Fsp3) is 0. The van der Waals surface area contributed by atoms with Crippen LogP contribution in [-0.4, -0.2) is 30.6 Å². The third-order valence-corrected chi connectivity index (χ3v) is 3.78. The number of carboxylic acids is 2. The smallest absolute Gasteiger partial charge is 0.337 e. The van der Waals surface area contributed by atoms with Crippen molar-refractivity contribution in [1.29, 1.82) is 0 Å². The van der Waals surface area contributed by atoms with Gasteiger partial charge in [-0.2, -0.15) is 8.42 Å². The van der Waals surface area contributed by atoms with E-state index in [0.29, 0.717) is 0 Å². The minimum Gasteiger partial charge on any atom is -0.478 e. The van der Waals surface area contributed by atoms with Crippen LogP contribution in [0, 0.1) is 0 Å². The number of aromatic carboxylic acids is 2. The van der Waals surface area contributed by atoms with Gasteiger partial charge >= 0.3 is 22.1 Å². The highest BCUT2D eigenvalue weighted by Crippen LogP contribution is 2.20. The van der Waals surface area contributed by atoms with Crippen molar-refractivity contribution in [3.63, 3.8) is 0 Å². The Bertz CT molecular complexity index is 798. The summed E-state index contributed by atoms with van der Waals surface area (Å²) in [6, 6.07) is 10.9. The number of carbonyl (C=O) groups is 2. The van der Waals surface area contributed by atoms with E-state index in [2.05, 4.69) is 9.44 Å². The van der Waals surface area contributed by atoms with Gasteiger partial charge in [0, 0.05) is 0 Å². The number of para-hydroxylation sites is 2. The molecule has 0 saturated heterocycles. The summed E-state index contributed by atoms with van der Waals surface area (Å²) >= 11 is 0. The van der Waals surface area contributed by atoms with E-state index < -0.39 is 22.1 Å². The lowest BCUT2D eigenvalue weighted by atomic mass is 10.2.